The quantitative estimate of drug-likeness (QED) is 0.721. The molecule has 3 heterocycles. The van der Waals surface area contributed by atoms with Crippen LogP contribution in [0.2, 0.25) is 0 Å². The van der Waals surface area contributed by atoms with E-state index in [1.807, 2.05) is 12.3 Å². The molecule has 2 aliphatic heterocycles. The molecule has 2 unspecified atom stereocenters. The van der Waals surface area contributed by atoms with Crippen LogP contribution < -0.4 is 5.32 Å². The van der Waals surface area contributed by atoms with Gasteiger partial charge in [0.1, 0.15) is 12.3 Å². The molecular weight excluding hydrogens is 322 g/mol. The molecular formula is C22H31N3O. The Morgan fingerprint density at radius 2 is 2.15 bits per heavy atom. The molecule has 2 atom stereocenters. The van der Waals surface area contributed by atoms with E-state index < -0.39 is 0 Å². The van der Waals surface area contributed by atoms with Crippen molar-refractivity contribution in [1.82, 2.24) is 15.2 Å². The van der Waals surface area contributed by atoms with Gasteiger partial charge in [-0.2, -0.15) is 0 Å². The number of allylic oxidation sites excluding steroid dienone is 4. The van der Waals surface area contributed by atoms with Crippen LogP contribution in [0.4, 0.5) is 0 Å². The first-order valence-corrected chi connectivity index (χ1v) is 10.3. The molecule has 4 nitrogen and oxygen atoms in total. The normalized spacial score (nSPS) is 26.7. The van der Waals surface area contributed by atoms with E-state index in [9.17, 15) is 0 Å². The minimum absolute atomic E-state index is 0.175. The number of epoxide rings is 1. The van der Waals surface area contributed by atoms with E-state index in [1.54, 1.807) is 11.8 Å². The third-order valence-corrected chi connectivity index (χ3v) is 5.90. The molecule has 3 aliphatic rings. The molecule has 0 bridgehead atoms. The Morgan fingerprint density at radius 3 is 2.92 bits per heavy atom. The van der Waals surface area contributed by atoms with Gasteiger partial charge in [-0.15, -0.1) is 0 Å². The monoisotopic (exact) mass is 353 g/mol. The molecule has 0 aromatic carbocycles. The number of aromatic nitrogens is 1. The van der Waals surface area contributed by atoms with Gasteiger partial charge in [0.25, 0.3) is 0 Å². The number of likely N-dealkylation sites (tertiary alicyclic amines) is 1. The summed E-state index contributed by atoms with van der Waals surface area (Å²) in [5.41, 5.74) is 2.74. The maximum absolute atomic E-state index is 5.72. The summed E-state index contributed by atoms with van der Waals surface area (Å²) in [6, 6.07) is 4.06. The Labute approximate surface area is 157 Å². The Hall–Kier alpha value is -1.49. The number of hydrogen-bond donors (Lipinski definition) is 1. The number of rotatable bonds is 8. The van der Waals surface area contributed by atoms with Crippen LogP contribution in [0.1, 0.15) is 50.2 Å². The molecule has 1 N–H and O–H groups in total. The van der Waals surface area contributed by atoms with E-state index >= 15 is 0 Å². The van der Waals surface area contributed by atoms with Crippen molar-refractivity contribution in [2.75, 3.05) is 26.2 Å². The predicted molar refractivity (Wildman–Crippen MR) is 105 cm³/mol. The first-order chi connectivity index (χ1) is 12.9. The number of nitrogens with zero attached hydrogens (tertiary/aromatic N) is 2. The summed E-state index contributed by atoms with van der Waals surface area (Å²) in [5.74, 6) is 0.914. The molecule has 0 amide bonds. The fraction of sp³-hybridized carbons (Fsp3) is 0.591. The lowest BCUT2D eigenvalue weighted by Crippen LogP contribution is -2.38. The largest absolute Gasteiger partial charge is 0.348 e. The molecule has 26 heavy (non-hydrogen) atoms. The van der Waals surface area contributed by atoms with Crippen molar-refractivity contribution in [2.24, 2.45) is 5.92 Å². The van der Waals surface area contributed by atoms with Crippen LogP contribution in [0.3, 0.4) is 0 Å². The maximum Gasteiger partial charge on any atom is 0.140 e. The smallest absolute Gasteiger partial charge is 0.140 e. The van der Waals surface area contributed by atoms with Gasteiger partial charge in [0, 0.05) is 31.0 Å². The number of hydrogen-bond acceptors (Lipinski definition) is 4. The molecule has 2 saturated heterocycles. The lowest BCUT2D eigenvalue weighted by molar-refractivity contribution is 0.177. The Balaban J connectivity index is 1.08. The third-order valence-electron chi connectivity index (χ3n) is 5.90. The standard InChI is InChI=1S/C22H31N3O/c1-2-5-18(6-3-1)8-9-19-10-14-25(15-11-19)16-13-24-22-21(26-22)20-7-4-12-23-17-20/h2,4-7,12,17,19,21-22,24H,1,3,8-11,13-16H2. The van der Waals surface area contributed by atoms with E-state index in [-0.39, 0.29) is 12.3 Å². The van der Waals surface area contributed by atoms with Crippen molar-refractivity contribution < 1.29 is 4.74 Å². The molecule has 1 aromatic heterocycles. The average molecular weight is 354 g/mol. The van der Waals surface area contributed by atoms with Gasteiger partial charge < -0.3 is 9.64 Å². The summed E-state index contributed by atoms with van der Waals surface area (Å²) in [4.78, 5) is 6.76. The van der Waals surface area contributed by atoms with Gasteiger partial charge in [0.05, 0.1) is 0 Å². The van der Waals surface area contributed by atoms with Crippen LogP contribution >= 0.6 is 0 Å². The predicted octanol–water partition coefficient (Wildman–Crippen LogP) is 3.84. The van der Waals surface area contributed by atoms with Crippen LogP contribution in [0, 0.1) is 5.92 Å². The third kappa shape index (κ3) is 5.03. The topological polar surface area (TPSA) is 40.7 Å². The molecule has 0 radical (unpaired) electrons. The first-order valence-electron chi connectivity index (χ1n) is 10.3. The summed E-state index contributed by atoms with van der Waals surface area (Å²) >= 11 is 0. The van der Waals surface area contributed by atoms with E-state index in [2.05, 4.69) is 39.5 Å². The number of pyridine rings is 1. The summed E-state index contributed by atoms with van der Waals surface area (Å²) in [7, 11) is 0. The SMILES string of the molecule is C1=CC(CCC2CCN(CCNC3OC3c3cccnc3)CC2)=CCC1. The van der Waals surface area contributed by atoms with E-state index in [0.29, 0.717) is 0 Å². The highest BCUT2D eigenvalue weighted by atomic mass is 16.6. The second-order valence-electron chi connectivity index (χ2n) is 7.80. The number of ether oxygens (including phenoxy) is 1. The Bertz CT molecular complexity index is 620. The molecule has 0 saturated carbocycles. The average Bonchev–Trinajstić information content (AvgIpc) is 3.48. The lowest BCUT2D eigenvalue weighted by Gasteiger charge is -2.32. The van der Waals surface area contributed by atoms with Crippen molar-refractivity contribution >= 4 is 0 Å². The molecule has 0 spiro atoms. The molecule has 2 fully saturated rings. The van der Waals surface area contributed by atoms with Crippen molar-refractivity contribution in [2.45, 2.75) is 50.9 Å². The van der Waals surface area contributed by atoms with E-state index in [4.69, 9.17) is 4.74 Å². The molecule has 1 aromatic rings. The van der Waals surface area contributed by atoms with Crippen molar-refractivity contribution in [3.8, 4) is 0 Å². The Morgan fingerprint density at radius 1 is 1.23 bits per heavy atom. The minimum atomic E-state index is 0.175. The fourth-order valence-electron chi connectivity index (χ4n) is 4.15. The van der Waals surface area contributed by atoms with Crippen LogP contribution in [0.25, 0.3) is 0 Å². The van der Waals surface area contributed by atoms with Crippen molar-refractivity contribution in [1.29, 1.82) is 0 Å². The zero-order valence-electron chi connectivity index (χ0n) is 15.6. The molecule has 4 heteroatoms. The number of nitrogens with one attached hydrogen (secondary N) is 1. The van der Waals surface area contributed by atoms with Crippen LogP contribution in [0.5, 0.6) is 0 Å². The second-order valence-corrected chi connectivity index (χ2v) is 7.80. The summed E-state index contributed by atoms with van der Waals surface area (Å²) in [6.07, 6.45) is 19.0. The van der Waals surface area contributed by atoms with Gasteiger partial charge >= 0.3 is 0 Å². The number of piperidine rings is 1. The van der Waals surface area contributed by atoms with Gasteiger partial charge in [-0.1, -0.05) is 29.9 Å². The highest BCUT2D eigenvalue weighted by molar-refractivity contribution is 5.22. The van der Waals surface area contributed by atoms with Gasteiger partial charge in [-0.25, -0.2) is 0 Å². The van der Waals surface area contributed by atoms with Gasteiger partial charge in [0.15, 0.2) is 0 Å². The summed E-state index contributed by atoms with van der Waals surface area (Å²) < 4.78 is 5.72. The maximum atomic E-state index is 5.72. The molecule has 4 rings (SSSR count). The van der Waals surface area contributed by atoms with E-state index in [1.165, 1.54) is 57.2 Å². The molecule has 140 valence electrons. The van der Waals surface area contributed by atoms with E-state index in [0.717, 1.165) is 19.0 Å². The summed E-state index contributed by atoms with van der Waals surface area (Å²) in [6.45, 7) is 4.63. The van der Waals surface area contributed by atoms with Gasteiger partial charge in [-0.05, 0) is 63.6 Å². The lowest BCUT2D eigenvalue weighted by atomic mass is 9.89. The van der Waals surface area contributed by atoms with Crippen LogP contribution in [-0.4, -0.2) is 42.3 Å². The zero-order chi connectivity index (χ0) is 17.6. The van der Waals surface area contributed by atoms with Crippen LogP contribution in [0.15, 0.2) is 48.3 Å². The first kappa shape index (κ1) is 17.9. The minimum Gasteiger partial charge on any atom is -0.348 e. The van der Waals surface area contributed by atoms with Gasteiger partial charge in [-0.3, -0.25) is 10.3 Å². The zero-order valence-corrected chi connectivity index (χ0v) is 15.6. The summed E-state index contributed by atoms with van der Waals surface area (Å²) in [5, 5.41) is 3.53. The van der Waals surface area contributed by atoms with Gasteiger partial charge in [0.2, 0.25) is 0 Å². The second kappa shape index (κ2) is 8.94. The highest BCUT2D eigenvalue weighted by Crippen LogP contribution is 2.36. The van der Waals surface area contributed by atoms with Crippen molar-refractivity contribution in [3.63, 3.8) is 0 Å². The highest BCUT2D eigenvalue weighted by Gasteiger charge is 2.39. The molecule has 1 aliphatic carbocycles. The van der Waals surface area contributed by atoms with Crippen molar-refractivity contribution in [3.05, 3.63) is 53.9 Å². The van der Waals surface area contributed by atoms with Crippen LogP contribution in [-0.2, 0) is 4.74 Å². The Kier molecular flexibility index (Phi) is 6.15. The fourth-order valence-corrected chi connectivity index (χ4v) is 4.15.